The van der Waals surface area contributed by atoms with Crippen molar-refractivity contribution in [1.29, 1.82) is 0 Å². The van der Waals surface area contributed by atoms with Gasteiger partial charge in [-0.3, -0.25) is 4.68 Å². The maximum absolute atomic E-state index is 6.25. The van der Waals surface area contributed by atoms with E-state index < -0.39 is 0 Å². The number of halogens is 1. The van der Waals surface area contributed by atoms with Crippen LogP contribution in [0, 0.1) is 0 Å². The lowest BCUT2D eigenvalue weighted by atomic mass is 10.1. The van der Waals surface area contributed by atoms with E-state index in [9.17, 15) is 0 Å². The third kappa shape index (κ3) is 1.88. The molecule has 2 N–H and O–H groups in total. The standard InChI is InChI=1S/C11H14ClN3S/c1-3-7-4-5-16-11(7)9(13)10-8(12)6-14-15(10)2/h4-6,9H,3,13H2,1-2H3. The van der Waals surface area contributed by atoms with Crippen LogP contribution in [-0.2, 0) is 13.5 Å². The summed E-state index contributed by atoms with van der Waals surface area (Å²) < 4.78 is 1.74. The summed E-state index contributed by atoms with van der Waals surface area (Å²) in [5, 5.41) is 6.81. The first-order valence-corrected chi connectivity index (χ1v) is 6.40. The van der Waals surface area contributed by atoms with Gasteiger partial charge in [-0.2, -0.15) is 5.10 Å². The summed E-state index contributed by atoms with van der Waals surface area (Å²) in [4.78, 5) is 1.17. The molecule has 16 heavy (non-hydrogen) atoms. The second-order valence-corrected chi connectivity index (χ2v) is 5.00. The zero-order valence-corrected chi connectivity index (χ0v) is 10.8. The first-order chi connectivity index (χ1) is 7.65. The van der Waals surface area contributed by atoms with Crippen molar-refractivity contribution in [2.24, 2.45) is 12.8 Å². The van der Waals surface area contributed by atoms with Gasteiger partial charge in [-0.1, -0.05) is 18.5 Å². The van der Waals surface area contributed by atoms with E-state index in [2.05, 4.69) is 23.5 Å². The Morgan fingerprint density at radius 3 is 2.94 bits per heavy atom. The molecule has 2 heterocycles. The lowest BCUT2D eigenvalue weighted by Crippen LogP contribution is -2.16. The molecule has 2 aromatic heterocycles. The number of nitrogens with zero attached hydrogens (tertiary/aromatic N) is 2. The molecule has 0 aromatic carbocycles. The van der Waals surface area contributed by atoms with Gasteiger partial charge < -0.3 is 5.73 Å². The Morgan fingerprint density at radius 1 is 1.62 bits per heavy atom. The van der Waals surface area contributed by atoms with Gasteiger partial charge in [0.25, 0.3) is 0 Å². The van der Waals surface area contributed by atoms with Crippen molar-refractivity contribution in [3.63, 3.8) is 0 Å². The van der Waals surface area contributed by atoms with Crippen LogP contribution in [0.15, 0.2) is 17.6 Å². The van der Waals surface area contributed by atoms with Crippen LogP contribution in [0.1, 0.15) is 29.1 Å². The molecule has 86 valence electrons. The van der Waals surface area contributed by atoms with E-state index in [0.717, 1.165) is 12.1 Å². The van der Waals surface area contributed by atoms with E-state index in [1.54, 1.807) is 22.2 Å². The minimum absolute atomic E-state index is 0.185. The van der Waals surface area contributed by atoms with Crippen molar-refractivity contribution in [2.75, 3.05) is 0 Å². The largest absolute Gasteiger partial charge is 0.318 e. The second kappa shape index (κ2) is 4.57. The van der Waals surface area contributed by atoms with Crippen LogP contribution >= 0.6 is 22.9 Å². The minimum Gasteiger partial charge on any atom is -0.318 e. The summed E-state index contributed by atoms with van der Waals surface area (Å²) in [5.74, 6) is 0. The molecule has 0 amide bonds. The summed E-state index contributed by atoms with van der Waals surface area (Å²) in [7, 11) is 1.86. The van der Waals surface area contributed by atoms with Crippen LogP contribution < -0.4 is 5.73 Å². The number of aryl methyl sites for hydroxylation is 2. The van der Waals surface area contributed by atoms with Crippen LogP contribution in [0.25, 0.3) is 0 Å². The summed E-state index contributed by atoms with van der Waals surface area (Å²) in [5.41, 5.74) is 8.41. The van der Waals surface area contributed by atoms with Gasteiger partial charge in [0.2, 0.25) is 0 Å². The highest BCUT2D eigenvalue weighted by Crippen LogP contribution is 2.31. The molecule has 0 aliphatic heterocycles. The first-order valence-electron chi connectivity index (χ1n) is 5.14. The summed E-state index contributed by atoms with van der Waals surface area (Å²) in [6, 6.07) is 1.93. The molecule has 0 fully saturated rings. The average molecular weight is 256 g/mol. The Hall–Kier alpha value is -0.840. The predicted octanol–water partition coefficient (Wildman–Crippen LogP) is 2.75. The molecule has 0 radical (unpaired) electrons. The molecule has 1 atom stereocenters. The van der Waals surface area contributed by atoms with Crippen LogP contribution in [-0.4, -0.2) is 9.78 Å². The number of hydrogen-bond donors (Lipinski definition) is 1. The summed E-state index contributed by atoms with van der Waals surface area (Å²) >= 11 is 7.77. The fourth-order valence-corrected chi connectivity index (χ4v) is 3.09. The predicted molar refractivity (Wildman–Crippen MR) is 67.9 cm³/mol. The monoisotopic (exact) mass is 255 g/mol. The van der Waals surface area contributed by atoms with Gasteiger partial charge in [-0.25, -0.2) is 0 Å². The van der Waals surface area contributed by atoms with Crippen molar-refractivity contribution >= 4 is 22.9 Å². The Balaban J connectivity index is 2.43. The van der Waals surface area contributed by atoms with Gasteiger partial charge in [0, 0.05) is 11.9 Å². The van der Waals surface area contributed by atoms with Crippen LogP contribution in [0.5, 0.6) is 0 Å². The molecule has 2 rings (SSSR count). The Labute approximate surface area is 104 Å². The maximum atomic E-state index is 6.25. The minimum atomic E-state index is -0.185. The van der Waals surface area contributed by atoms with Gasteiger partial charge in [-0.15, -0.1) is 11.3 Å². The van der Waals surface area contributed by atoms with Gasteiger partial charge in [-0.05, 0) is 23.4 Å². The quantitative estimate of drug-likeness (QED) is 0.917. The molecule has 1 unspecified atom stereocenters. The van der Waals surface area contributed by atoms with Gasteiger partial charge in [0.05, 0.1) is 23.0 Å². The van der Waals surface area contributed by atoms with E-state index in [4.69, 9.17) is 17.3 Å². The lowest BCUT2D eigenvalue weighted by Gasteiger charge is -2.13. The van der Waals surface area contributed by atoms with Gasteiger partial charge >= 0.3 is 0 Å². The molecule has 3 nitrogen and oxygen atoms in total. The van der Waals surface area contributed by atoms with E-state index in [1.165, 1.54) is 10.4 Å². The number of rotatable bonds is 3. The normalized spacial score (nSPS) is 13.0. The van der Waals surface area contributed by atoms with Gasteiger partial charge in [0.1, 0.15) is 0 Å². The molecule has 0 bridgehead atoms. The fraction of sp³-hybridized carbons (Fsp3) is 0.364. The summed E-state index contributed by atoms with van der Waals surface area (Å²) in [6.45, 7) is 2.13. The maximum Gasteiger partial charge on any atom is 0.0837 e. The topological polar surface area (TPSA) is 43.8 Å². The fourth-order valence-electron chi connectivity index (χ4n) is 1.81. The molecule has 5 heteroatoms. The van der Waals surface area contributed by atoms with Crippen molar-refractivity contribution < 1.29 is 0 Å². The zero-order valence-electron chi connectivity index (χ0n) is 9.27. The number of nitrogens with two attached hydrogens (primary N) is 1. The highest BCUT2D eigenvalue weighted by atomic mass is 35.5. The number of aromatic nitrogens is 2. The average Bonchev–Trinajstić information content (AvgIpc) is 2.85. The number of thiophene rings is 1. The Kier molecular flexibility index (Phi) is 3.33. The molecule has 0 saturated carbocycles. The molecule has 0 spiro atoms. The third-order valence-corrected chi connectivity index (χ3v) is 4.01. The number of hydrogen-bond acceptors (Lipinski definition) is 3. The van der Waals surface area contributed by atoms with Crippen molar-refractivity contribution in [2.45, 2.75) is 19.4 Å². The second-order valence-electron chi connectivity index (χ2n) is 3.64. The molecular formula is C11H14ClN3S. The van der Waals surface area contributed by atoms with Crippen molar-refractivity contribution in [3.8, 4) is 0 Å². The molecule has 0 aliphatic carbocycles. The van der Waals surface area contributed by atoms with E-state index >= 15 is 0 Å². The first kappa shape index (κ1) is 11.6. The smallest absolute Gasteiger partial charge is 0.0837 e. The highest BCUT2D eigenvalue weighted by Gasteiger charge is 2.20. The molecule has 0 saturated heterocycles. The Bertz CT molecular complexity index is 470. The molecular weight excluding hydrogens is 242 g/mol. The van der Waals surface area contributed by atoms with E-state index in [0.29, 0.717) is 5.02 Å². The highest BCUT2D eigenvalue weighted by molar-refractivity contribution is 7.10. The summed E-state index contributed by atoms with van der Waals surface area (Å²) in [6.07, 6.45) is 2.62. The van der Waals surface area contributed by atoms with Crippen LogP contribution in [0.2, 0.25) is 5.02 Å². The third-order valence-electron chi connectivity index (χ3n) is 2.68. The molecule has 2 aromatic rings. The van der Waals surface area contributed by atoms with Crippen LogP contribution in [0.4, 0.5) is 0 Å². The van der Waals surface area contributed by atoms with Crippen molar-refractivity contribution in [3.05, 3.63) is 38.8 Å². The molecule has 0 aliphatic rings. The van der Waals surface area contributed by atoms with Gasteiger partial charge in [0.15, 0.2) is 0 Å². The lowest BCUT2D eigenvalue weighted by molar-refractivity contribution is 0.676. The van der Waals surface area contributed by atoms with E-state index in [-0.39, 0.29) is 6.04 Å². The van der Waals surface area contributed by atoms with Crippen LogP contribution in [0.3, 0.4) is 0 Å². The SMILES string of the molecule is CCc1ccsc1C(N)c1c(Cl)cnn1C. The zero-order chi connectivity index (χ0) is 11.7. The van der Waals surface area contributed by atoms with Crippen molar-refractivity contribution in [1.82, 2.24) is 9.78 Å². The Morgan fingerprint density at radius 2 is 2.38 bits per heavy atom. The van der Waals surface area contributed by atoms with E-state index in [1.807, 2.05) is 7.05 Å².